The SMILES string of the molecule is C=C(C)[C@H]1[C@@H](c2ccc(Br)cc2)[C@H](Cc2ccccc2)O[C@@H]1c1ccccc1OCC(=O)OCC. The molecule has 0 amide bonds. The van der Waals surface area contributed by atoms with Crippen molar-refractivity contribution < 1.29 is 19.0 Å². The monoisotopic (exact) mass is 534 g/mol. The average Bonchev–Trinajstić information content (AvgIpc) is 3.23. The van der Waals surface area contributed by atoms with Crippen LogP contribution in [0.15, 0.2) is 95.5 Å². The number of hydrogen-bond donors (Lipinski definition) is 0. The number of esters is 1. The van der Waals surface area contributed by atoms with E-state index in [1.165, 1.54) is 11.1 Å². The van der Waals surface area contributed by atoms with Gasteiger partial charge in [-0.05, 0) is 49.6 Å². The molecule has 0 aromatic heterocycles. The van der Waals surface area contributed by atoms with Gasteiger partial charge in [-0.1, -0.05) is 88.7 Å². The summed E-state index contributed by atoms with van der Waals surface area (Å²) in [6, 6.07) is 26.7. The minimum atomic E-state index is -0.388. The van der Waals surface area contributed by atoms with Crippen LogP contribution in [0.3, 0.4) is 0 Å². The van der Waals surface area contributed by atoms with Gasteiger partial charge in [-0.3, -0.25) is 0 Å². The summed E-state index contributed by atoms with van der Waals surface area (Å²) in [4.78, 5) is 11.9. The molecule has 1 aliphatic rings. The third-order valence-corrected chi connectivity index (χ3v) is 6.94. The van der Waals surface area contributed by atoms with E-state index in [1.54, 1.807) is 6.92 Å². The largest absolute Gasteiger partial charge is 0.482 e. The van der Waals surface area contributed by atoms with Gasteiger partial charge in [-0.2, -0.15) is 0 Å². The van der Waals surface area contributed by atoms with E-state index in [4.69, 9.17) is 14.2 Å². The summed E-state index contributed by atoms with van der Waals surface area (Å²) >= 11 is 3.56. The highest BCUT2D eigenvalue weighted by molar-refractivity contribution is 9.10. The van der Waals surface area contributed by atoms with E-state index in [-0.39, 0.29) is 36.6 Å². The quantitative estimate of drug-likeness (QED) is 0.218. The minimum Gasteiger partial charge on any atom is -0.482 e. The fourth-order valence-electron chi connectivity index (χ4n) is 4.92. The Bertz CT molecular complexity index is 1140. The van der Waals surface area contributed by atoms with Gasteiger partial charge < -0.3 is 14.2 Å². The third-order valence-electron chi connectivity index (χ3n) is 6.42. The highest BCUT2D eigenvalue weighted by Gasteiger charge is 2.46. The second kappa shape index (κ2) is 11.7. The van der Waals surface area contributed by atoms with Crippen molar-refractivity contribution in [1.82, 2.24) is 0 Å². The first-order chi connectivity index (χ1) is 17.0. The first-order valence-corrected chi connectivity index (χ1v) is 12.7. The molecule has 182 valence electrons. The van der Waals surface area contributed by atoms with Crippen LogP contribution in [0.4, 0.5) is 0 Å². The van der Waals surface area contributed by atoms with Crippen LogP contribution >= 0.6 is 15.9 Å². The summed E-state index contributed by atoms with van der Waals surface area (Å²) in [5.74, 6) is 0.397. The molecule has 4 rings (SSSR count). The van der Waals surface area contributed by atoms with Gasteiger partial charge in [0.05, 0.1) is 18.8 Å². The molecule has 3 aromatic carbocycles. The van der Waals surface area contributed by atoms with Crippen molar-refractivity contribution >= 4 is 21.9 Å². The Morgan fingerprint density at radius 3 is 2.37 bits per heavy atom. The molecular weight excluding hydrogens is 504 g/mol. The maximum atomic E-state index is 11.9. The maximum Gasteiger partial charge on any atom is 0.344 e. The molecule has 0 N–H and O–H groups in total. The highest BCUT2D eigenvalue weighted by atomic mass is 79.9. The second-order valence-corrected chi connectivity index (χ2v) is 9.78. The van der Waals surface area contributed by atoms with Crippen molar-refractivity contribution in [2.45, 2.75) is 38.4 Å². The number of ether oxygens (including phenoxy) is 3. The van der Waals surface area contributed by atoms with Gasteiger partial charge in [0.2, 0.25) is 0 Å². The molecule has 0 spiro atoms. The second-order valence-electron chi connectivity index (χ2n) is 8.87. The van der Waals surface area contributed by atoms with Gasteiger partial charge in [0.15, 0.2) is 6.61 Å². The average molecular weight is 535 g/mol. The molecule has 4 nitrogen and oxygen atoms in total. The Morgan fingerprint density at radius 2 is 1.69 bits per heavy atom. The molecule has 35 heavy (non-hydrogen) atoms. The fraction of sp³-hybridized carbons (Fsp3) is 0.300. The van der Waals surface area contributed by atoms with Crippen LogP contribution in [0.2, 0.25) is 0 Å². The molecule has 1 heterocycles. The van der Waals surface area contributed by atoms with Crippen LogP contribution in [-0.2, 0) is 20.7 Å². The number of halogens is 1. The van der Waals surface area contributed by atoms with E-state index >= 15 is 0 Å². The van der Waals surface area contributed by atoms with Crippen molar-refractivity contribution in [3.8, 4) is 5.75 Å². The van der Waals surface area contributed by atoms with Gasteiger partial charge in [0, 0.05) is 21.9 Å². The molecule has 0 aliphatic carbocycles. The van der Waals surface area contributed by atoms with Crippen molar-refractivity contribution in [2.75, 3.05) is 13.2 Å². The number of para-hydroxylation sites is 1. The smallest absolute Gasteiger partial charge is 0.344 e. The van der Waals surface area contributed by atoms with Crippen molar-refractivity contribution in [3.63, 3.8) is 0 Å². The summed E-state index contributed by atoms with van der Waals surface area (Å²) in [6.07, 6.45) is 0.477. The zero-order valence-corrected chi connectivity index (χ0v) is 21.7. The summed E-state index contributed by atoms with van der Waals surface area (Å²) in [5, 5.41) is 0. The molecule has 3 aromatic rings. The Balaban J connectivity index is 1.71. The molecule has 0 saturated carbocycles. The molecule has 1 aliphatic heterocycles. The van der Waals surface area contributed by atoms with Crippen LogP contribution in [0.25, 0.3) is 0 Å². The summed E-state index contributed by atoms with van der Waals surface area (Å²) in [7, 11) is 0. The molecule has 1 saturated heterocycles. The number of rotatable bonds is 9. The van der Waals surface area contributed by atoms with Crippen molar-refractivity contribution in [1.29, 1.82) is 0 Å². The Kier molecular flexibility index (Phi) is 8.42. The molecule has 0 bridgehead atoms. The summed E-state index contributed by atoms with van der Waals surface area (Å²) in [6.45, 7) is 8.41. The van der Waals surface area contributed by atoms with Crippen LogP contribution in [0, 0.1) is 5.92 Å². The lowest BCUT2D eigenvalue weighted by Gasteiger charge is -2.26. The Morgan fingerprint density at radius 1 is 1.00 bits per heavy atom. The predicted octanol–water partition coefficient (Wildman–Crippen LogP) is 7.05. The van der Waals surface area contributed by atoms with E-state index in [0.29, 0.717) is 12.4 Å². The molecule has 0 radical (unpaired) electrons. The van der Waals surface area contributed by atoms with Crippen molar-refractivity contribution in [3.05, 3.63) is 112 Å². The van der Waals surface area contributed by atoms with E-state index in [1.807, 2.05) is 30.3 Å². The molecule has 4 atom stereocenters. The van der Waals surface area contributed by atoms with Gasteiger partial charge in [-0.25, -0.2) is 4.79 Å². The van der Waals surface area contributed by atoms with E-state index in [0.717, 1.165) is 22.0 Å². The Hall–Kier alpha value is -2.89. The normalized spacial score (nSPS) is 21.5. The first-order valence-electron chi connectivity index (χ1n) is 12.0. The lowest BCUT2D eigenvalue weighted by Crippen LogP contribution is -2.21. The van der Waals surface area contributed by atoms with Gasteiger partial charge in [-0.15, -0.1) is 0 Å². The topological polar surface area (TPSA) is 44.8 Å². The number of benzene rings is 3. The van der Waals surface area contributed by atoms with E-state index < -0.39 is 0 Å². The summed E-state index contributed by atoms with van der Waals surface area (Å²) < 4.78 is 18.8. The summed E-state index contributed by atoms with van der Waals surface area (Å²) in [5.41, 5.74) is 4.42. The Labute approximate surface area is 216 Å². The molecule has 5 heteroatoms. The first kappa shape index (κ1) is 25.2. The highest BCUT2D eigenvalue weighted by Crippen LogP contribution is 2.53. The minimum absolute atomic E-state index is 0.0391. The van der Waals surface area contributed by atoms with Gasteiger partial charge in [0.25, 0.3) is 0 Å². The predicted molar refractivity (Wildman–Crippen MR) is 142 cm³/mol. The molecule has 0 unspecified atom stereocenters. The van der Waals surface area contributed by atoms with Crippen LogP contribution in [0.1, 0.15) is 42.6 Å². The maximum absolute atomic E-state index is 11.9. The van der Waals surface area contributed by atoms with Gasteiger partial charge in [0.1, 0.15) is 5.75 Å². The van der Waals surface area contributed by atoms with Gasteiger partial charge >= 0.3 is 5.97 Å². The van der Waals surface area contributed by atoms with Crippen molar-refractivity contribution in [2.24, 2.45) is 5.92 Å². The third kappa shape index (κ3) is 6.03. The standard InChI is InChI=1S/C30H31BrO4/c1-4-33-27(32)19-34-25-13-9-8-12-24(25)30-28(20(2)3)29(22-14-16-23(31)17-15-22)26(35-30)18-21-10-6-5-7-11-21/h5-17,26,28-30H,2,4,18-19H2,1,3H3/t26-,28-,29-,30+/m0/s1. The molecular formula is C30H31BrO4. The number of hydrogen-bond acceptors (Lipinski definition) is 4. The van der Waals surface area contributed by atoms with Crippen LogP contribution < -0.4 is 4.74 Å². The number of carbonyl (C=O) groups excluding carboxylic acids is 1. The number of carbonyl (C=O) groups is 1. The zero-order valence-electron chi connectivity index (χ0n) is 20.2. The fourth-order valence-corrected chi connectivity index (χ4v) is 5.19. The zero-order chi connectivity index (χ0) is 24.8. The van der Waals surface area contributed by atoms with E-state index in [9.17, 15) is 4.79 Å². The van der Waals surface area contributed by atoms with Crippen LogP contribution in [-0.4, -0.2) is 25.3 Å². The van der Waals surface area contributed by atoms with E-state index in [2.05, 4.69) is 78.0 Å². The molecule has 1 fully saturated rings. The van der Waals surface area contributed by atoms with Crippen LogP contribution in [0.5, 0.6) is 5.75 Å². The lowest BCUT2D eigenvalue weighted by molar-refractivity contribution is -0.145. The lowest BCUT2D eigenvalue weighted by atomic mass is 9.75.